The molecule has 0 fully saturated rings. The fourth-order valence-electron chi connectivity index (χ4n) is 4.56. The minimum absolute atomic E-state index is 0.0430. The van der Waals surface area contributed by atoms with E-state index in [1.807, 2.05) is 12.3 Å². The van der Waals surface area contributed by atoms with Crippen molar-refractivity contribution in [3.63, 3.8) is 0 Å². The van der Waals surface area contributed by atoms with Crippen molar-refractivity contribution in [2.45, 2.75) is 63.8 Å². The summed E-state index contributed by atoms with van der Waals surface area (Å²) < 4.78 is 6.01. The molecule has 5 heteroatoms. The Kier molecular flexibility index (Phi) is 7.00. The van der Waals surface area contributed by atoms with E-state index in [0.29, 0.717) is 0 Å². The Morgan fingerprint density at radius 2 is 2.13 bits per heavy atom. The Balaban J connectivity index is 1.66. The molecule has 0 aliphatic carbocycles. The molecular weight excluding hydrogens is 372 g/mol. The number of amidine groups is 1. The first-order valence-corrected chi connectivity index (χ1v) is 11.5. The van der Waals surface area contributed by atoms with Gasteiger partial charge in [-0.3, -0.25) is 9.98 Å². The molecule has 2 aliphatic heterocycles. The molecule has 0 radical (unpaired) electrons. The van der Waals surface area contributed by atoms with Crippen LogP contribution >= 0.6 is 0 Å². The highest BCUT2D eigenvalue weighted by Gasteiger charge is 2.27. The Morgan fingerprint density at radius 3 is 2.90 bits per heavy atom. The number of pyridine rings is 1. The van der Waals surface area contributed by atoms with Crippen LogP contribution in [0.4, 0.5) is 0 Å². The zero-order valence-corrected chi connectivity index (χ0v) is 18.1. The first-order chi connectivity index (χ1) is 14.8. The number of unbranched alkanes of at least 4 members (excludes halogenated alkanes) is 3. The summed E-state index contributed by atoms with van der Waals surface area (Å²) in [5.41, 5.74) is 11.5. The third-order valence-corrected chi connectivity index (χ3v) is 6.23. The van der Waals surface area contributed by atoms with Crippen LogP contribution in [0.3, 0.4) is 0 Å². The van der Waals surface area contributed by atoms with E-state index in [4.69, 9.17) is 15.5 Å². The lowest BCUT2D eigenvalue weighted by molar-refractivity contribution is 0.356. The molecule has 30 heavy (non-hydrogen) atoms. The molecule has 160 valence electrons. The second-order valence-electron chi connectivity index (χ2n) is 8.41. The number of nitrogens with zero attached hydrogens (tertiary/aromatic N) is 2. The summed E-state index contributed by atoms with van der Waals surface area (Å²) in [4.78, 5) is 9.37. The zero-order chi connectivity index (χ0) is 20.8. The van der Waals surface area contributed by atoms with Gasteiger partial charge in [0.2, 0.25) is 0 Å². The monoisotopic (exact) mass is 406 g/mol. The lowest BCUT2D eigenvalue weighted by Crippen LogP contribution is -2.22. The van der Waals surface area contributed by atoms with Crippen molar-refractivity contribution >= 4 is 5.84 Å². The van der Waals surface area contributed by atoms with E-state index in [1.165, 1.54) is 42.4 Å². The first kappa shape index (κ1) is 20.9. The average Bonchev–Trinajstić information content (AvgIpc) is 3.47. The molecule has 2 aliphatic rings. The fraction of sp³-hybridized carbons (Fsp3) is 0.520. The molecule has 0 amide bonds. The maximum Gasteiger partial charge on any atom is 0.123 e. The summed E-state index contributed by atoms with van der Waals surface area (Å²) in [7, 11) is 0. The Morgan fingerprint density at radius 1 is 1.20 bits per heavy atom. The number of rotatable bonds is 10. The molecule has 3 heterocycles. The molecule has 0 saturated heterocycles. The van der Waals surface area contributed by atoms with E-state index in [2.05, 4.69) is 41.5 Å². The number of benzene rings is 1. The molecular formula is C25H34N4O. The molecule has 2 atom stereocenters. The maximum atomic E-state index is 6.64. The Bertz CT molecular complexity index is 865. The van der Waals surface area contributed by atoms with Gasteiger partial charge in [-0.1, -0.05) is 44.7 Å². The third-order valence-electron chi connectivity index (χ3n) is 6.23. The highest BCUT2D eigenvalue weighted by atomic mass is 16.5. The molecule has 0 bridgehead atoms. The van der Waals surface area contributed by atoms with Crippen molar-refractivity contribution in [1.82, 2.24) is 10.3 Å². The number of fused-ring (bicyclic) bond motifs is 1. The van der Waals surface area contributed by atoms with E-state index < -0.39 is 0 Å². The molecule has 4 rings (SSSR count). The zero-order valence-electron chi connectivity index (χ0n) is 18.1. The number of hydrogen-bond acceptors (Lipinski definition) is 5. The second kappa shape index (κ2) is 10.1. The summed E-state index contributed by atoms with van der Waals surface area (Å²) in [5.74, 6) is 2.24. The molecule has 1 aromatic heterocycles. The lowest BCUT2D eigenvalue weighted by Gasteiger charge is -2.22. The van der Waals surface area contributed by atoms with Crippen molar-refractivity contribution in [1.29, 1.82) is 0 Å². The van der Waals surface area contributed by atoms with Crippen LogP contribution in [0.15, 0.2) is 41.5 Å². The van der Waals surface area contributed by atoms with Gasteiger partial charge in [-0.15, -0.1) is 0 Å². The Hall–Kier alpha value is -2.40. The largest absolute Gasteiger partial charge is 0.493 e. The number of aromatic nitrogens is 1. The highest BCUT2D eigenvalue weighted by molar-refractivity contribution is 5.84. The van der Waals surface area contributed by atoms with E-state index >= 15 is 0 Å². The SMILES string of the molecule is CCCCCCC(N)c1cc2c(c(C(CC3=NCCN3)c3ccccn3)c1)CCO2. The lowest BCUT2D eigenvalue weighted by atomic mass is 9.84. The predicted molar refractivity (Wildman–Crippen MR) is 122 cm³/mol. The number of nitrogens with one attached hydrogen (secondary N) is 1. The van der Waals surface area contributed by atoms with Gasteiger partial charge < -0.3 is 15.8 Å². The van der Waals surface area contributed by atoms with E-state index in [1.54, 1.807) is 0 Å². The van der Waals surface area contributed by atoms with Gasteiger partial charge in [-0.05, 0) is 35.7 Å². The van der Waals surface area contributed by atoms with Gasteiger partial charge in [0, 0.05) is 48.8 Å². The van der Waals surface area contributed by atoms with Crippen molar-refractivity contribution in [2.75, 3.05) is 19.7 Å². The van der Waals surface area contributed by atoms with Crippen LogP contribution in [0.1, 0.15) is 79.8 Å². The smallest absolute Gasteiger partial charge is 0.123 e. The van der Waals surface area contributed by atoms with Crippen LogP contribution in [0.2, 0.25) is 0 Å². The van der Waals surface area contributed by atoms with Crippen LogP contribution < -0.4 is 15.8 Å². The van der Waals surface area contributed by atoms with Gasteiger partial charge in [0.1, 0.15) is 5.75 Å². The van der Waals surface area contributed by atoms with Crippen molar-refractivity contribution < 1.29 is 4.74 Å². The topological polar surface area (TPSA) is 72.5 Å². The second-order valence-corrected chi connectivity index (χ2v) is 8.41. The summed E-state index contributed by atoms with van der Waals surface area (Å²) in [6, 6.07) is 10.7. The normalized spacial score (nSPS) is 17.1. The van der Waals surface area contributed by atoms with E-state index in [-0.39, 0.29) is 12.0 Å². The number of hydrogen-bond donors (Lipinski definition) is 2. The number of ether oxygens (including phenoxy) is 1. The molecule has 2 unspecified atom stereocenters. The van der Waals surface area contributed by atoms with Gasteiger partial charge >= 0.3 is 0 Å². The molecule has 0 saturated carbocycles. The van der Waals surface area contributed by atoms with E-state index in [9.17, 15) is 0 Å². The Labute approximate surface area is 180 Å². The van der Waals surface area contributed by atoms with Crippen molar-refractivity contribution in [3.05, 3.63) is 58.9 Å². The van der Waals surface area contributed by atoms with Gasteiger partial charge in [-0.2, -0.15) is 0 Å². The quantitative estimate of drug-likeness (QED) is 0.570. The third kappa shape index (κ3) is 4.84. The minimum atomic E-state index is 0.0430. The number of aliphatic imine (C=N–C) groups is 1. The highest BCUT2D eigenvalue weighted by Crippen LogP contribution is 2.39. The molecule has 3 N–H and O–H groups in total. The van der Waals surface area contributed by atoms with Crippen molar-refractivity contribution in [3.8, 4) is 5.75 Å². The predicted octanol–water partition coefficient (Wildman–Crippen LogP) is 4.51. The molecule has 5 nitrogen and oxygen atoms in total. The number of nitrogens with two attached hydrogens (primary N) is 1. The van der Waals surface area contributed by atoms with Crippen LogP contribution in [0.5, 0.6) is 5.75 Å². The average molecular weight is 407 g/mol. The molecule has 1 aromatic carbocycles. The van der Waals surface area contributed by atoms with Gasteiger partial charge in [0.25, 0.3) is 0 Å². The first-order valence-electron chi connectivity index (χ1n) is 11.5. The van der Waals surface area contributed by atoms with Crippen LogP contribution in [0, 0.1) is 0 Å². The summed E-state index contributed by atoms with van der Waals surface area (Å²) in [6.45, 7) is 4.76. The van der Waals surface area contributed by atoms with E-state index in [0.717, 1.165) is 56.2 Å². The maximum absolute atomic E-state index is 6.64. The van der Waals surface area contributed by atoms with Crippen molar-refractivity contribution in [2.24, 2.45) is 10.7 Å². The minimum Gasteiger partial charge on any atom is -0.493 e. The van der Waals surface area contributed by atoms with Crippen LogP contribution in [-0.4, -0.2) is 30.5 Å². The van der Waals surface area contributed by atoms with Gasteiger partial charge in [0.05, 0.1) is 19.0 Å². The molecule has 0 spiro atoms. The standard InChI is InChI=1S/C25H34N4O/c1-2-3-4-5-8-22(26)18-15-20(19-10-14-30-24(19)16-18)21(17-25-28-12-13-29-25)23-9-6-7-11-27-23/h6-7,9,11,15-16,21-22H,2-5,8,10,12-14,17,26H2,1H3,(H,28,29). The van der Waals surface area contributed by atoms with Crippen LogP contribution in [0.25, 0.3) is 0 Å². The summed E-state index contributed by atoms with van der Waals surface area (Å²) in [5, 5.41) is 3.44. The van der Waals surface area contributed by atoms with Gasteiger partial charge in [-0.25, -0.2) is 0 Å². The van der Waals surface area contributed by atoms with Gasteiger partial charge in [0.15, 0.2) is 0 Å². The summed E-state index contributed by atoms with van der Waals surface area (Å²) >= 11 is 0. The van der Waals surface area contributed by atoms with Crippen LogP contribution in [-0.2, 0) is 6.42 Å². The fourth-order valence-corrected chi connectivity index (χ4v) is 4.56. The summed E-state index contributed by atoms with van der Waals surface area (Å²) in [6.07, 6.45) is 9.62. The molecule has 2 aromatic rings.